The third kappa shape index (κ3) is 6.53. The van der Waals surface area contributed by atoms with Crippen molar-refractivity contribution in [2.75, 3.05) is 51.5 Å². The molecule has 2 saturated carbocycles. The highest BCUT2D eigenvalue weighted by atomic mass is 35.5. The van der Waals surface area contributed by atoms with Crippen LogP contribution in [0.5, 0.6) is 0 Å². The molecule has 7 nitrogen and oxygen atoms in total. The van der Waals surface area contributed by atoms with Crippen LogP contribution in [0.1, 0.15) is 56.1 Å². The molecule has 2 aliphatic carbocycles. The smallest absolute Gasteiger partial charge is 0.265 e. The molecule has 2 aliphatic heterocycles. The van der Waals surface area contributed by atoms with Crippen molar-refractivity contribution in [3.8, 4) is 0 Å². The summed E-state index contributed by atoms with van der Waals surface area (Å²) >= 11 is 8.04. The molecular formula is C32H41ClN2O5S2. The maximum atomic E-state index is 11.9. The molecule has 228 valence electrons. The van der Waals surface area contributed by atoms with Crippen molar-refractivity contribution in [2.24, 2.45) is 16.7 Å². The number of halogens is 1. The van der Waals surface area contributed by atoms with Gasteiger partial charge in [-0.2, -0.15) is 8.42 Å². The minimum absolute atomic E-state index is 0.0152. The van der Waals surface area contributed by atoms with E-state index in [-0.39, 0.29) is 17.1 Å². The summed E-state index contributed by atoms with van der Waals surface area (Å²) < 4.78 is 61.5. The molecule has 1 saturated heterocycles. The molecule has 2 bridgehead atoms. The van der Waals surface area contributed by atoms with Crippen LogP contribution in [0.4, 0.5) is 0 Å². The van der Waals surface area contributed by atoms with Crippen molar-refractivity contribution in [3.05, 3.63) is 64.7 Å². The number of nitrogens with zero attached hydrogens (tertiary/aromatic N) is 2. The Morgan fingerprint density at radius 3 is 2.43 bits per heavy atom. The molecule has 4 aliphatic rings. The topological polar surface area (TPSA) is 98.1 Å². The molecule has 0 amide bonds. The number of aliphatic hydroxyl groups is 1. The molecule has 3 fully saturated rings. The molecule has 0 unspecified atom stereocenters. The first-order chi connectivity index (χ1) is 21.4. The largest absolute Gasteiger partial charge is 0.395 e. The number of carbonyl (C=O) groups excluding carboxylic acids is 1. The molecule has 2 N–H and O–H groups in total. The van der Waals surface area contributed by atoms with E-state index in [4.69, 9.17) is 21.6 Å². The lowest BCUT2D eigenvalue weighted by atomic mass is 9.70. The first-order valence-electron chi connectivity index (χ1n) is 16.3. The maximum absolute atomic E-state index is 11.9. The number of hydrogen-bond donors (Lipinski definition) is 2. The molecule has 0 aromatic heterocycles. The van der Waals surface area contributed by atoms with Crippen LogP contribution in [0.3, 0.4) is 0 Å². The number of ketones is 1. The number of hydrogen-bond acceptors (Lipinski definition) is 7. The fraction of sp³-hybridized carbons (Fsp3) is 0.531. The highest BCUT2D eigenvalue weighted by Crippen LogP contribution is 2.64. The minimum atomic E-state index is -4.08. The SMILES string of the molecule is CC1(C)[C@H]2CC[C@]1(CS(=O)(=O)O)C(=O)C2.[2H]C([2H])(O)C([2H])([2H])N1CCN(CC/C=C2/c3ccccc3Sc3ccc(Cl)cc32)CC1. The lowest BCUT2D eigenvalue weighted by Gasteiger charge is -2.35. The number of rotatable bonds is 7. The first kappa shape index (κ1) is 26.7. The van der Waals surface area contributed by atoms with Crippen LogP contribution in [0.25, 0.3) is 5.57 Å². The van der Waals surface area contributed by atoms with Gasteiger partial charge in [0.15, 0.2) is 0 Å². The normalized spacial score (nSPS) is 28.2. The molecule has 10 heteroatoms. The predicted octanol–water partition coefficient (Wildman–Crippen LogP) is 5.51. The zero-order valence-corrected chi connectivity index (χ0v) is 26.4. The summed E-state index contributed by atoms with van der Waals surface area (Å²) in [5.74, 6) is -0.101. The Bertz CT molecular complexity index is 1620. The van der Waals surface area contributed by atoms with Gasteiger partial charge in [0, 0.05) is 63.2 Å². The van der Waals surface area contributed by atoms with Gasteiger partial charge in [0.05, 0.1) is 20.5 Å². The Balaban J connectivity index is 0.000000232. The van der Waals surface area contributed by atoms with Gasteiger partial charge in [0.1, 0.15) is 5.78 Å². The van der Waals surface area contributed by atoms with Gasteiger partial charge in [-0.25, -0.2) is 0 Å². The molecule has 6 rings (SSSR count). The predicted molar refractivity (Wildman–Crippen MR) is 169 cm³/mol. The van der Waals surface area contributed by atoms with Crippen LogP contribution in [-0.2, 0) is 14.9 Å². The highest BCUT2D eigenvalue weighted by Gasteiger charge is 2.65. The summed E-state index contributed by atoms with van der Waals surface area (Å²) in [6.45, 7) is 1.46. The van der Waals surface area contributed by atoms with Gasteiger partial charge in [-0.1, -0.05) is 61.5 Å². The van der Waals surface area contributed by atoms with E-state index in [2.05, 4.69) is 41.3 Å². The van der Waals surface area contributed by atoms with E-state index in [9.17, 15) is 18.3 Å². The molecule has 0 radical (unpaired) electrons. The highest BCUT2D eigenvalue weighted by molar-refractivity contribution is 7.99. The Morgan fingerprint density at radius 2 is 1.79 bits per heavy atom. The Kier molecular flexibility index (Phi) is 8.07. The molecule has 2 heterocycles. The number of Topliss-reactive ketones (excluding diaryl/α,β-unsaturated/α-hetero) is 1. The van der Waals surface area contributed by atoms with E-state index < -0.39 is 34.3 Å². The summed E-state index contributed by atoms with van der Waals surface area (Å²) in [5.41, 5.74) is 2.44. The van der Waals surface area contributed by atoms with Crippen molar-refractivity contribution in [2.45, 2.75) is 49.3 Å². The van der Waals surface area contributed by atoms with Crippen LogP contribution in [0.2, 0.25) is 5.02 Å². The number of carbonyl (C=O) groups is 1. The number of piperazine rings is 1. The molecule has 0 spiro atoms. The van der Waals surface area contributed by atoms with Crippen LogP contribution in [0.15, 0.2) is 58.3 Å². The van der Waals surface area contributed by atoms with Gasteiger partial charge in [0.2, 0.25) is 0 Å². The average molecular weight is 637 g/mol. The van der Waals surface area contributed by atoms with Crippen LogP contribution in [0, 0.1) is 16.7 Å². The van der Waals surface area contributed by atoms with Crippen molar-refractivity contribution in [3.63, 3.8) is 0 Å². The van der Waals surface area contributed by atoms with E-state index in [0.717, 1.165) is 30.0 Å². The second kappa shape index (κ2) is 12.7. The van der Waals surface area contributed by atoms with Crippen LogP contribution >= 0.6 is 23.4 Å². The van der Waals surface area contributed by atoms with Gasteiger partial charge in [0.25, 0.3) is 10.1 Å². The van der Waals surface area contributed by atoms with E-state index in [0.29, 0.717) is 39.0 Å². The maximum Gasteiger partial charge on any atom is 0.265 e. The molecule has 2 aromatic carbocycles. The summed E-state index contributed by atoms with van der Waals surface area (Å²) in [5, 5.41) is 10.2. The Labute approximate surface area is 264 Å². The van der Waals surface area contributed by atoms with Crippen LogP contribution < -0.4 is 0 Å². The number of benzene rings is 2. The standard InChI is InChI=1S/C22H25ClN2OS.C10H16O4S/c23-17-7-8-22-20(16-17)18(19-4-1-2-6-21(19)27-22)5-3-9-24-10-12-25(13-11-24)14-15-26;1-9(2)7-3-4-10(9,8(11)5-7)6-15(12,13)14/h1-2,4-8,16,26H,3,9-15H2;7H,3-6H2,1-2H3,(H,12,13,14)/b18-5-;/t;7-,10-/m.0/s1/i14D2,15D2;. The van der Waals surface area contributed by atoms with E-state index in [1.165, 1.54) is 25.8 Å². The number of fused-ring (bicyclic) bond motifs is 4. The summed E-state index contributed by atoms with van der Waals surface area (Å²) in [6.07, 6.45) is 5.07. The lowest BCUT2D eigenvalue weighted by Crippen LogP contribution is -2.47. The third-order valence-electron chi connectivity index (χ3n) is 9.57. The fourth-order valence-electron chi connectivity index (χ4n) is 7.03. The average Bonchev–Trinajstić information content (AvgIpc) is 3.30. The zero-order chi connectivity index (χ0) is 33.7. The molecule has 42 heavy (non-hydrogen) atoms. The van der Waals surface area contributed by atoms with E-state index in [1.54, 1.807) is 11.8 Å². The minimum Gasteiger partial charge on any atom is -0.395 e. The third-order valence-corrected chi connectivity index (χ3v) is 11.8. The zero-order valence-electron chi connectivity index (χ0n) is 28.0. The summed E-state index contributed by atoms with van der Waals surface area (Å²) in [7, 11) is -4.08. The molecule has 2 atom stereocenters. The summed E-state index contributed by atoms with van der Waals surface area (Å²) in [6, 6.07) is 14.4. The van der Waals surface area contributed by atoms with E-state index >= 15 is 0 Å². The van der Waals surface area contributed by atoms with Gasteiger partial charge >= 0.3 is 0 Å². The lowest BCUT2D eigenvalue weighted by molar-refractivity contribution is -0.128. The van der Waals surface area contributed by atoms with Crippen molar-refractivity contribution >= 4 is 44.8 Å². The quantitative estimate of drug-likeness (QED) is 0.328. The van der Waals surface area contributed by atoms with Gasteiger partial charge in [-0.15, -0.1) is 0 Å². The molecule has 2 aromatic rings. The first-order valence-corrected chi connectivity index (χ1v) is 17.1. The Morgan fingerprint density at radius 1 is 1.10 bits per heavy atom. The van der Waals surface area contributed by atoms with Gasteiger partial charge in [-0.3, -0.25) is 14.2 Å². The molecular weight excluding hydrogens is 592 g/mol. The second-order valence-corrected chi connectivity index (χ2v) is 15.1. The summed E-state index contributed by atoms with van der Waals surface area (Å²) in [4.78, 5) is 17.9. The number of β-amino-alcohol motifs (C(OH)–C–C–N with tert-alkyl or cyclic N) is 1. The Hall–Kier alpha value is -1.72. The second-order valence-electron chi connectivity index (χ2n) is 12.1. The van der Waals surface area contributed by atoms with Gasteiger partial charge in [-0.05, 0) is 71.6 Å². The van der Waals surface area contributed by atoms with Crippen molar-refractivity contribution < 1.29 is 28.4 Å². The monoisotopic (exact) mass is 636 g/mol. The van der Waals surface area contributed by atoms with Gasteiger partial charge < -0.3 is 10.0 Å². The van der Waals surface area contributed by atoms with E-state index in [1.807, 2.05) is 26.0 Å². The fourth-order valence-corrected chi connectivity index (χ4v) is 9.59. The van der Waals surface area contributed by atoms with Crippen molar-refractivity contribution in [1.29, 1.82) is 0 Å². The van der Waals surface area contributed by atoms with Crippen LogP contribution in [-0.4, -0.2) is 85.2 Å². The van der Waals surface area contributed by atoms with Crippen molar-refractivity contribution in [1.82, 2.24) is 9.80 Å².